The highest BCUT2D eigenvalue weighted by molar-refractivity contribution is 5.96. The Labute approximate surface area is 119 Å². The standard InChI is InChI=1S/C15H21N3O2/c1-4-6-14(19)16-13-9-7-12(8-10-13)15(20)18-17-11(3)5-2/h7-10H,4-6H2,1-3H3,(H,16,19)(H,18,20). The van der Waals surface area contributed by atoms with E-state index in [1.54, 1.807) is 24.3 Å². The van der Waals surface area contributed by atoms with E-state index in [4.69, 9.17) is 0 Å². The van der Waals surface area contributed by atoms with Crippen LogP contribution in [-0.2, 0) is 4.79 Å². The largest absolute Gasteiger partial charge is 0.326 e. The van der Waals surface area contributed by atoms with E-state index >= 15 is 0 Å². The van der Waals surface area contributed by atoms with Crippen molar-refractivity contribution in [3.8, 4) is 0 Å². The van der Waals surface area contributed by atoms with Crippen LogP contribution in [0.25, 0.3) is 0 Å². The van der Waals surface area contributed by atoms with Crippen LogP contribution in [0.2, 0.25) is 0 Å². The molecule has 0 atom stereocenters. The Morgan fingerprint density at radius 1 is 1.15 bits per heavy atom. The maximum absolute atomic E-state index is 11.8. The Bertz CT molecular complexity index is 492. The molecule has 1 aromatic carbocycles. The Morgan fingerprint density at radius 2 is 1.80 bits per heavy atom. The molecule has 0 spiro atoms. The summed E-state index contributed by atoms with van der Waals surface area (Å²) in [5, 5.41) is 6.73. The van der Waals surface area contributed by atoms with Crippen molar-refractivity contribution < 1.29 is 9.59 Å². The summed E-state index contributed by atoms with van der Waals surface area (Å²) >= 11 is 0. The SMILES string of the molecule is CCCC(=O)Nc1ccc(C(=O)NN=C(C)CC)cc1. The normalized spacial score (nSPS) is 11.1. The highest BCUT2D eigenvalue weighted by Crippen LogP contribution is 2.10. The lowest BCUT2D eigenvalue weighted by atomic mass is 10.2. The summed E-state index contributed by atoms with van der Waals surface area (Å²) in [5.41, 5.74) is 4.55. The van der Waals surface area contributed by atoms with Crippen LogP contribution in [0.15, 0.2) is 29.4 Å². The van der Waals surface area contributed by atoms with Gasteiger partial charge in [0.05, 0.1) is 0 Å². The molecule has 0 heterocycles. The minimum Gasteiger partial charge on any atom is -0.326 e. The molecule has 0 unspecified atom stereocenters. The van der Waals surface area contributed by atoms with Gasteiger partial charge in [0, 0.05) is 23.4 Å². The van der Waals surface area contributed by atoms with Crippen LogP contribution in [0.3, 0.4) is 0 Å². The maximum atomic E-state index is 11.8. The van der Waals surface area contributed by atoms with E-state index in [9.17, 15) is 9.59 Å². The summed E-state index contributed by atoms with van der Waals surface area (Å²) in [6, 6.07) is 6.74. The molecule has 1 aromatic rings. The van der Waals surface area contributed by atoms with Gasteiger partial charge in [0.25, 0.3) is 5.91 Å². The number of carbonyl (C=O) groups is 2. The Hall–Kier alpha value is -2.17. The lowest BCUT2D eigenvalue weighted by Crippen LogP contribution is -2.19. The van der Waals surface area contributed by atoms with Crippen LogP contribution in [0, 0.1) is 0 Å². The number of rotatable bonds is 6. The van der Waals surface area contributed by atoms with E-state index in [1.165, 1.54) is 0 Å². The monoisotopic (exact) mass is 275 g/mol. The minimum absolute atomic E-state index is 0.0205. The number of hydrazone groups is 1. The average molecular weight is 275 g/mol. The van der Waals surface area contributed by atoms with Crippen molar-refractivity contribution in [2.45, 2.75) is 40.0 Å². The number of amides is 2. The predicted octanol–water partition coefficient (Wildman–Crippen LogP) is 2.94. The van der Waals surface area contributed by atoms with Gasteiger partial charge < -0.3 is 5.32 Å². The summed E-state index contributed by atoms with van der Waals surface area (Å²) in [6.45, 7) is 5.78. The van der Waals surface area contributed by atoms with E-state index in [-0.39, 0.29) is 11.8 Å². The van der Waals surface area contributed by atoms with Crippen molar-refractivity contribution in [2.75, 3.05) is 5.32 Å². The second-order valence-electron chi connectivity index (χ2n) is 4.52. The van der Waals surface area contributed by atoms with Crippen molar-refractivity contribution >= 4 is 23.2 Å². The third-order valence-electron chi connectivity index (χ3n) is 2.77. The van der Waals surface area contributed by atoms with Gasteiger partial charge in [-0.15, -0.1) is 0 Å². The molecule has 1 rings (SSSR count). The number of hydrogen-bond donors (Lipinski definition) is 2. The maximum Gasteiger partial charge on any atom is 0.271 e. The van der Waals surface area contributed by atoms with Gasteiger partial charge in [-0.2, -0.15) is 5.10 Å². The smallest absolute Gasteiger partial charge is 0.271 e. The third-order valence-corrected chi connectivity index (χ3v) is 2.77. The molecule has 5 heteroatoms. The van der Waals surface area contributed by atoms with Gasteiger partial charge in [-0.25, -0.2) is 5.43 Å². The summed E-state index contributed by atoms with van der Waals surface area (Å²) < 4.78 is 0. The van der Waals surface area contributed by atoms with Gasteiger partial charge >= 0.3 is 0 Å². The summed E-state index contributed by atoms with van der Waals surface area (Å²) in [5.74, 6) is -0.280. The molecule has 0 aliphatic heterocycles. The van der Waals surface area contributed by atoms with Crippen LogP contribution < -0.4 is 10.7 Å². The number of nitrogens with zero attached hydrogens (tertiary/aromatic N) is 1. The molecule has 0 aliphatic rings. The number of nitrogens with one attached hydrogen (secondary N) is 2. The fourth-order valence-corrected chi connectivity index (χ4v) is 1.45. The van der Waals surface area contributed by atoms with Gasteiger partial charge in [-0.1, -0.05) is 13.8 Å². The first-order chi connectivity index (χ1) is 9.56. The third kappa shape index (κ3) is 5.22. The molecule has 0 aromatic heterocycles. The molecule has 0 saturated heterocycles. The van der Waals surface area contributed by atoms with Crippen molar-refractivity contribution in [3.05, 3.63) is 29.8 Å². The molecule has 0 radical (unpaired) electrons. The number of hydrogen-bond acceptors (Lipinski definition) is 3. The molecule has 108 valence electrons. The molecule has 2 amide bonds. The zero-order valence-electron chi connectivity index (χ0n) is 12.2. The zero-order valence-corrected chi connectivity index (χ0v) is 12.2. The summed E-state index contributed by atoms with van der Waals surface area (Å²) in [6.07, 6.45) is 2.09. The molecule has 5 nitrogen and oxygen atoms in total. The van der Waals surface area contributed by atoms with Crippen molar-refractivity contribution in [1.29, 1.82) is 0 Å². The van der Waals surface area contributed by atoms with Crippen LogP contribution in [0.5, 0.6) is 0 Å². The molecule has 20 heavy (non-hydrogen) atoms. The van der Waals surface area contributed by atoms with E-state index in [0.717, 1.165) is 18.6 Å². The summed E-state index contributed by atoms with van der Waals surface area (Å²) in [4.78, 5) is 23.2. The first kappa shape index (κ1) is 15.9. The average Bonchev–Trinajstić information content (AvgIpc) is 2.45. The van der Waals surface area contributed by atoms with Crippen molar-refractivity contribution in [1.82, 2.24) is 5.43 Å². The van der Waals surface area contributed by atoms with Crippen LogP contribution in [0.1, 0.15) is 50.4 Å². The van der Waals surface area contributed by atoms with Crippen molar-refractivity contribution in [3.63, 3.8) is 0 Å². The predicted molar refractivity (Wildman–Crippen MR) is 80.8 cm³/mol. The Morgan fingerprint density at radius 3 is 2.35 bits per heavy atom. The molecular formula is C15H21N3O2. The van der Waals surface area contributed by atoms with Crippen molar-refractivity contribution in [2.24, 2.45) is 5.10 Å². The molecule has 0 fully saturated rings. The topological polar surface area (TPSA) is 70.6 Å². The fourth-order valence-electron chi connectivity index (χ4n) is 1.45. The van der Waals surface area contributed by atoms with E-state index in [1.807, 2.05) is 20.8 Å². The second kappa shape index (κ2) is 8.09. The fraction of sp³-hybridized carbons (Fsp3) is 0.400. The van der Waals surface area contributed by atoms with Gasteiger partial charge in [0.1, 0.15) is 0 Å². The van der Waals surface area contributed by atoms with Crippen LogP contribution >= 0.6 is 0 Å². The Balaban J connectivity index is 2.62. The molecular weight excluding hydrogens is 254 g/mol. The molecule has 2 N–H and O–H groups in total. The first-order valence-corrected chi connectivity index (χ1v) is 6.80. The van der Waals surface area contributed by atoms with E-state index < -0.39 is 0 Å². The van der Waals surface area contributed by atoms with Gasteiger partial charge in [-0.3, -0.25) is 9.59 Å². The second-order valence-corrected chi connectivity index (χ2v) is 4.52. The van der Waals surface area contributed by atoms with Gasteiger partial charge in [0.2, 0.25) is 5.91 Å². The van der Waals surface area contributed by atoms with Crippen LogP contribution in [0.4, 0.5) is 5.69 Å². The highest BCUT2D eigenvalue weighted by Gasteiger charge is 2.05. The van der Waals surface area contributed by atoms with Crippen LogP contribution in [-0.4, -0.2) is 17.5 Å². The summed E-state index contributed by atoms with van der Waals surface area (Å²) in [7, 11) is 0. The molecule has 0 saturated carbocycles. The van der Waals surface area contributed by atoms with E-state index in [0.29, 0.717) is 17.7 Å². The lowest BCUT2D eigenvalue weighted by molar-refractivity contribution is -0.116. The quantitative estimate of drug-likeness (QED) is 0.619. The first-order valence-electron chi connectivity index (χ1n) is 6.80. The number of benzene rings is 1. The molecule has 0 bridgehead atoms. The lowest BCUT2D eigenvalue weighted by Gasteiger charge is -2.05. The van der Waals surface area contributed by atoms with E-state index in [2.05, 4.69) is 15.8 Å². The van der Waals surface area contributed by atoms with Gasteiger partial charge in [-0.05, 0) is 44.0 Å². The number of anilines is 1. The Kier molecular flexibility index (Phi) is 6.43. The molecule has 0 aliphatic carbocycles. The highest BCUT2D eigenvalue weighted by atomic mass is 16.2. The van der Waals surface area contributed by atoms with Gasteiger partial charge in [0.15, 0.2) is 0 Å². The number of carbonyl (C=O) groups excluding carboxylic acids is 2. The zero-order chi connectivity index (χ0) is 15.0. The minimum atomic E-state index is -0.260.